The number of rotatable bonds is 4. The Labute approximate surface area is 132 Å². The third-order valence-corrected chi connectivity index (χ3v) is 3.11. The Morgan fingerprint density at radius 2 is 1.41 bits per heavy atom. The van der Waals surface area contributed by atoms with Crippen LogP contribution in [0.15, 0.2) is 85.1 Å². The summed E-state index contributed by atoms with van der Waals surface area (Å²) in [6.45, 7) is 3.08. The van der Waals surface area contributed by atoms with E-state index in [1.54, 1.807) is 0 Å². The minimum absolute atomic E-state index is 0.918. The molecular weight excluding hydrogens is 268 g/mol. The number of para-hydroxylation sites is 1. The summed E-state index contributed by atoms with van der Waals surface area (Å²) in [5.41, 5.74) is 3.62. The molecule has 2 aromatic carbocycles. The van der Waals surface area contributed by atoms with E-state index in [0.717, 1.165) is 18.7 Å². The first-order valence-electron chi connectivity index (χ1n) is 7.61. The summed E-state index contributed by atoms with van der Waals surface area (Å²) in [6.07, 6.45) is 2.75. The second-order valence-corrected chi connectivity index (χ2v) is 4.88. The highest BCUT2D eigenvalue weighted by molar-refractivity contribution is 5.41. The lowest BCUT2D eigenvalue weighted by molar-refractivity contribution is 1.07. The van der Waals surface area contributed by atoms with Crippen molar-refractivity contribution in [2.75, 3.05) is 11.9 Å². The van der Waals surface area contributed by atoms with Crippen LogP contribution < -0.4 is 5.32 Å². The summed E-state index contributed by atoms with van der Waals surface area (Å²) in [6, 6.07) is 26.6. The quantitative estimate of drug-likeness (QED) is 0.747. The molecule has 0 saturated carbocycles. The van der Waals surface area contributed by atoms with Crippen molar-refractivity contribution in [3.63, 3.8) is 0 Å². The van der Waals surface area contributed by atoms with Crippen LogP contribution in [0.1, 0.15) is 18.2 Å². The lowest BCUT2D eigenvalue weighted by Gasteiger charge is -1.99. The minimum atomic E-state index is 0.918. The molecular formula is C20H22N2. The molecule has 0 bridgehead atoms. The molecule has 0 amide bonds. The first-order valence-corrected chi connectivity index (χ1v) is 7.61. The summed E-state index contributed by atoms with van der Waals surface area (Å²) >= 11 is 0. The normalized spacial score (nSPS) is 9.50. The van der Waals surface area contributed by atoms with Gasteiger partial charge in [0, 0.05) is 30.5 Å². The zero-order valence-corrected chi connectivity index (χ0v) is 12.9. The van der Waals surface area contributed by atoms with Gasteiger partial charge in [-0.05, 0) is 36.8 Å². The molecule has 1 aromatic heterocycles. The number of benzene rings is 2. The lowest BCUT2D eigenvalue weighted by Crippen LogP contribution is -1.94. The van der Waals surface area contributed by atoms with E-state index in [-0.39, 0.29) is 0 Å². The van der Waals surface area contributed by atoms with Crippen molar-refractivity contribution in [3.05, 3.63) is 96.3 Å². The molecule has 0 aliphatic heterocycles. The van der Waals surface area contributed by atoms with E-state index in [4.69, 9.17) is 0 Å². The average molecular weight is 290 g/mol. The third kappa shape index (κ3) is 5.80. The van der Waals surface area contributed by atoms with Crippen LogP contribution in [0, 0.1) is 0 Å². The number of hydrogen-bond donors (Lipinski definition) is 1. The highest BCUT2D eigenvalue weighted by Gasteiger charge is 1.94. The maximum absolute atomic E-state index is 4.27. The third-order valence-electron chi connectivity index (χ3n) is 3.11. The number of anilines is 1. The van der Waals surface area contributed by atoms with E-state index in [9.17, 15) is 0 Å². The van der Waals surface area contributed by atoms with Gasteiger partial charge in [-0.1, -0.05) is 54.6 Å². The SMILES string of the molecule is CCNc1ccccc1.c1ccc(Cc2ccccn2)cc1. The van der Waals surface area contributed by atoms with Crippen molar-refractivity contribution < 1.29 is 0 Å². The molecule has 2 heteroatoms. The fourth-order valence-corrected chi connectivity index (χ4v) is 2.07. The maximum Gasteiger partial charge on any atom is 0.0447 e. The summed E-state index contributed by atoms with van der Waals surface area (Å²) in [5.74, 6) is 0. The molecule has 0 fully saturated rings. The van der Waals surface area contributed by atoms with Gasteiger partial charge >= 0.3 is 0 Å². The molecule has 0 aliphatic rings. The van der Waals surface area contributed by atoms with Crippen molar-refractivity contribution in [1.82, 2.24) is 4.98 Å². The largest absolute Gasteiger partial charge is 0.385 e. The van der Waals surface area contributed by atoms with Crippen LogP contribution in [0.3, 0.4) is 0 Å². The van der Waals surface area contributed by atoms with Gasteiger partial charge in [0.05, 0.1) is 0 Å². The predicted octanol–water partition coefficient (Wildman–Crippen LogP) is 4.79. The summed E-state index contributed by atoms with van der Waals surface area (Å²) in [4.78, 5) is 4.27. The highest BCUT2D eigenvalue weighted by atomic mass is 14.8. The van der Waals surface area contributed by atoms with E-state index in [1.807, 2.05) is 48.7 Å². The van der Waals surface area contributed by atoms with Gasteiger partial charge in [-0.25, -0.2) is 0 Å². The molecule has 0 saturated heterocycles. The fraction of sp³-hybridized carbons (Fsp3) is 0.150. The van der Waals surface area contributed by atoms with Crippen LogP contribution in [-0.4, -0.2) is 11.5 Å². The van der Waals surface area contributed by atoms with Crippen molar-refractivity contribution in [2.45, 2.75) is 13.3 Å². The van der Waals surface area contributed by atoms with Crippen LogP contribution in [0.4, 0.5) is 5.69 Å². The standard InChI is InChI=1S/C12H11N.C8H11N/c1-2-6-11(7-3-1)10-12-8-4-5-9-13-12;1-2-9-8-6-4-3-5-7-8/h1-9H,10H2;3-7,9H,2H2,1H3. The van der Waals surface area contributed by atoms with Crippen LogP contribution in [-0.2, 0) is 6.42 Å². The topological polar surface area (TPSA) is 24.9 Å². The average Bonchev–Trinajstić information content (AvgIpc) is 2.59. The van der Waals surface area contributed by atoms with Crippen LogP contribution in [0.2, 0.25) is 0 Å². The Morgan fingerprint density at radius 1 is 0.773 bits per heavy atom. The minimum Gasteiger partial charge on any atom is -0.385 e. The maximum atomic E-state index is 4.27. The van der Waals surface area contributed by atoms with E-state index >= 15 is 0 Å². The number of nitrogens with one attached hydrogen (secondary N) is 1. The predicted molar refractivity (Wildman–Crippen MR) is 94.1 cm³/mol. The molecule has 22 heavy (non-hydrogen) atoms. The molecule has 0 atom stereocenters. The number of nitrogens with zero attached hydrogens (tertiary/aromatic N) is 1. The van der Waals surface area contributed by atoms with E-state index in [0.29, 0.717) is 0 Å². The Hall–Kier alpha value is -2.61. The molecule has 3 aromatic rings. The molecule has 0 aliphatic carbocycles. The van der Waals surface area contributed by atoms with Crippen LogP contribution in [0.25, 0.3) is 0 Å². The summed E-state index contributed by atoms with van der Waals surface area (Å²) in [7, 11) is 0. The Kier molecular flexibility index (Phi) is 6.70. The first kappa shape index (κ1) is 15.8. The zero-order valence-electron chi connectivity index (χ0n) is 12.9. The zero-order chi connectivity index (χ0) is 15.5. The smallest absolute Gasteiger partial charge is 0.0447 e. The van der Waals surface area contributed by atoms with Gasteiger partial charge in [0.2, 0.25) is 0 Å². The monoisotopic (exact) mass is 290 g/mol. The van der Waals surface area contributed by atoms with Crippen molar-refractivity contribution in [1.29, 1.82) is 0 Å². The van der Waals surface area contributed by atoms with Gasteiger partial charge in [-0.3, -0.25) is 4.98 Å². The van der Waals surface area contributed by atoms with Gasteiger partial charge in [0.25, 0.3) is 0 Å². The van der Waals surface area contributed by atoms with Crippen LogP contribution >= 0.6 is 0 Å². The first-order chi connectivity index (χ1) is 10.9. The summed E-state index contributed by atoms with van der Waals surface area (Å²) < 4.78 is 0. The number of pyridine rings is 1. The van der Waals surface area contributed by atoms with E-state index < -0.39 is 0 Å². The van der Waals surface area contributed by atoms with Gasteiger partial charge in [-0.2, -0.15) is 0 Å². The van der Waals surface area contributed by atoms with Crippen molar-refractivity contribution in [3.8, 4) is 0 Å². The second kappa shape index (κ2) is 9.35. The molecule has 0 radical (unpaired) electrons. The number of hydrogen-bond acceptors (Lipinski definition) is 2. The van der Waals surface area contributed by atoms with Crippen molar-refractivity contribution in [2.24, 2.45) is 0 Å². The Bertz CT molecular complexity index is 584. The molecule has 3 rings (SSSR count). The Morgan fingerprint density at radius 3 is 2.00 bits per heavy atom. The van der Waals surface area contributed by atoms with Gasteiger partial charge in [0.15, 0.2) is 0 Å². The van der Waals surface area contributed by atoms with Crippen molar-refractivity contribution >= 4 is 5.69 Å². The highest BCUT2D eigenvalue weighted by Crippen LogP contribution is 2.05. The lowest BCUT2D eigenvalue weighted by atomic mass is 10.1. The van der Waals surface area contributed by atoms with Crippen LogP contribution in [0.5, 0.6) is 0 Å². The fourth-order valence-electron chi connectivity index (χ4n) is 2.07. The van der Waals surface area contributed by atoms with Gasteiger partial charge in [0.1, 0.15) is 0 Å². The molecule has 1 heterocycles. The molecule has 1 N–H and O–H groups in total. The molecule has 112 valence electrons. The molecule has 0 unspecified atom stereocenters. The number of aromatic nitrogens is 1. The molecule has 2 nitrogen and oxygen atoms in total. The van der Waals surface area contributed by atoms with Gasteiger partial charge < -0.3 is 5.32 Å². The molecule has 0 spiro atoms. The summed E-state index contributed by atoms with van der Waals surface area (Å²) in [5, 5.41) is 3.21. The second-order valence-electron chi connectivity index (χ2n) is 4.88. The van der Waals surface area contributed by atoms with E-state index in [2.05, 4.69) is 53.6 Å². The Balaban J connectivity index is 0.000000172. The van der Waals surface area contributed by atoms with Gasteiger partial charge in [-0.15, -0.1) is 0 Å². The van der Waals surface area contributed by atoms with E-state index in [1.165, 1.54) is 11.3 Å².